The third kappa shape index (κ3) is 5.64. The van der Waals surface area contributed by atoms with Crippen LogP contribution in [0.25, 0.3) is 0 Å². The van der Waals surface area contributed by atoms with Crippen molar-refractivity contribution >= 4 is 29.0 Å². The molecule has 0 spiro atoms. The summed E-state index contributed by atoms with van der Waals surface area (Å²) in [7, 11) is 0. The molecule has 1 aliphatic heterocycles. The van der Waals surface area contributed by atoms with Gasteiger partial charge in [-0.3, -0.25) is 9.78 Å². The SMILES string of the molecule is O=C(CSCc1ccncc1)Nc1cc(C(F)(F)F)ccc1N1CCCCC1. The molecule has 2 heterocycles. The van der Waals surface area contributed by atoms with Crippen molar-refractivity contribution < 1.29 is 18.0 Å². The Kier molecular flexibility index (Phi) is 6.83. The molecule has 1 aromatic heterocycles. The fraction of sp³-hybridized carbons (Fsp3) is 0.400. The minimum atomic E-state index is -4.45. The maximum Gasteiger partial charge on any atom is 0.416 e. The first-order valence-electron chi connectivity index (χ1n) is 9.16. The first-order valence-corrected chi connectivity index (χ1v) is 10.3. The van der Waals surface area contributed by atoms with E-state index in [-0.39, 0.29) is 17.3 Å². The smallest absolute Gasteiger partial charge is 0.370 e. The molecule has 150 valence electrons. The van der Waals surface area contributed by atoms with Gasteiger partial charge in [-0.15, -0.1) is 11.8 Å². The quantitative estimate of drug-likeness (QED) is 0.732. The van der Waals surface area contributed by atoms with E-state index >= 15 is 0 Å². The standard InChI is InChI=1S/C20H22F3N3OS/c21-20(22,23)16-4-5-18(26-10-2-1-3-11-26)17(12-16)25-19(27)14-28-13-15-6-8-24-9-7-15/h4-9,12H,1-3,10-11,13-14H2,(H,25,27). The zero-order chi connectivity index (χ0) is 20.0. The number of thioether (sulfide) groups is 1. The van der Waals surface area contributed by atoms with E-state index < -0.39 is 11.7 Å². The molecule has 1 aliphatic rings. The lowest BCUT2D eigenvalue weighted by Gasteiger charge is -2.31. The average molecular weight is 409 g/mol. The summed E-state index contributed by atoms with van der Waals surface area (Å²) in [5, 5.41) is 2.69. The van der Waals surface area contributed by atoms with Gasteiger partial charge in [0, 0.05) is 31.2 Å². The molecule has 2 aromatic rings. The Morgan fingerprint density at radius 3 is 2.50 bits per heavy atom. The number of hydrogen-bond donors (Lipinski definition) is 1. The number of amides is 1. The summed E-state index contributed by atoms with van der Waals surface area (Å²) >= 11 is 1.41. The summed E-state index contributed by atoms with van der Waals surface area (Å²) in [5.41, 5.74) is 1.17. The first kappa shape index (κ1) is 20.5. The van der Waals surface area contributed by atoms with Crippen LogP contribution in [0, 0.1) is 0 Å². The van der Waals surface area contributed by atoms with Crippen molar-refractivity contribution in [2.75, 3.05) is 29.1 Å². The Hall–Kier alpha value is -2.22. The molecular weight excluding hydrogens is 387 g/mol. The molecule has 4 nitrogen and oxygen atoms in total. The molecule has 28 heavy (non-hydrogen) atoms. The number of carbonyl (C=O) groups excluding carboxylic acids is 1. The van der Waals surface area contributed by atoms with Crippen LogP contribution in [0.1, 0.15) is 30.4 Å². The Morgan fingerprint density at radius 1 is 1.11 bits per heavy atom. The number of nitrogens with zero attached hydrogens (tertiary/aromatic N) is 2. The average Bonchev–Trinajstić information content (AvgIpc) is 2.69. The van der Waals surface area contributed by atoms with Gasteiger partial charge in [-0.05, 0) is 55.2 Å². The van der Waals surface area contributed by atoms with Gasteiger partial charge in [-0.25, -0.2) is 0 Å². The van der Waals surface area contributed by atoms with E-state index in [0.29, 0.717) is 11.4 Å². The number of pyridine rings is 1. The third-order valence-corrected chi connectivity index (χ3v) is 5.55. The van der Waals surface area contributed by atoms with E-state index in [1.54, 1.807) is 12.4 Å². The molecule has 0 saturated carbocycles. The van der Waals surface area contributed by atoms with Crippen molar-refractivity contribution in [2.24, 2.45) is 0 Å². The number of aromatic nitrogens is 1. The van der Waals surface area contributed by atoms with Gasteiger partial charge in [-0.1, -0.05) is 0 Å². The number of rotatable bonds is 6. The van der Waals surface area contributed by atoms with E-state index in [1.165, 1.54) is 17.8 Å². The highest BCUT2D eigenvalue weighted by Gasteiger charge is 2.31. The summed E-state index contributed by atoms with van der Waals surface area (Å²) in [4.78, 5) is 18.3. The molecule has 0 aliphatic carbocycles. The lowest BCUT2D eigenvalue weighted by atomic mass is 10.1. The summed E-state index contributed by atoms with van der Waals surface area (Å²) < 4.78 is 39.4. The fourth-order valence-corrected chi connectivity index (χ4v) is 3.94. The monoisotopic (exact) mass is 409 g/mol. The predicted molar refractivity (Wildman–Crippen MR) is 107 cm³/mol. The summed E-state index contributed by atoms with van der Waals surface area (Å²) in [6.07, 6.45) is 2.03. The minimum absolute atomic E-state index is 0.165. The lowest BCUT2D eigenvalue weighted by molar-refractivity contribution is -0.137. The Labute approximate surface area is 166 Å². The van der Waals surface area contributed by atoms with Crippen molar-refractivity contribution in [1.29, 1.82) is 0 Å². The Balaban J connectivity index is 1.69. The molecule has 1 fully saturated rings. The van der Waals surface area contributed by atoms with Gasteiger partial charge in [0.25, 0.3) is 0 Å². The zero-order valence-corrected chi connectivity index (χ0v) is 16.2. The van der Waals surface area contributed by atoms with E-state index in [4.69, 9.17) is 0 Å². The highest BCUT2D eigenvalue weighted by atomic mass is 32.2. The summed E-state index contributed by atoms with van der Waals surface area (Å²) in [6.45, 7) is 1.57. The zero-order valence-electron chi connectivity index (χ0n) is 15.3. The van der Waals surface area contributed by atoms with Gasteiger partial charge in [0.2, 0.25) is 5.91 Å². The van der Waals surface area contributed by atoms with Gasteiger partial charge < -0.3 is 10.2 Å². The Bertz CT molecular complexity index is 793. The number of alkyl halides is 3. The number of halogens is 3. The van der Waals surface area contributed by atoms with Gasteiger partial charge >= 0.3 is 6.18 Å². The van der Waals surface area contributed by atoms with Crippen LogP contribution in [0.3, 0.4) is 0 Å². The van der Waals surface area contributed by atoms with Crippen molar-refractivity contribution in [3.63, 3.8) is 0 Å². The molecule has 0 radical (unpaired) electrons. The molecule has 0 unspecified atom stereocenters. The number of nitrogens with one attached hydrogen (secondary N) is 1. The van der Waals surface area contributed by atoms with Crippen LogP contribution in [0.4, 0.5) is 24.5 Å². The van der Waals surface area contributed by atoms with E-state index in [2.05, 4.69) is 10.3 Å². The van der Waals surface area contributed by atoms with Gasteiger partial charge in [0.15, 0.2) is 0 Å². The molecule has 0 atom stereocenters. The van der Waals surface area contributed by atoms with Gasteiger partial charge in [0.05, 0.1) is 22.7 Å². The second kappa shape index (κ2) is 9.32. The predicted octanol–water partition coefficient (Wildman–Crippen LogP) is 4.96. The lowest BCUT2D eigenvalue weighted by Crippen LogP contribution is -2.30. The summed E-state index contributed by atoms with van der Waals surface area (Å²) in [5.74, 6) is 0.492. The van der Waals surface area contributed by atoms with Crippen LogP contribution >= 0.6 is 11.8 Å². The maximum atomic E-state index is 13.1. The number of benzene rings is 1. The van der Waals surface area contributed by atoms with Crippen LogP contribution in [-0.2, 0) is 16.7 Å². The van der Waals surface area contributed by atoms with Crippen LogP contribution in [-0.4, -0.2) is 29.7 Å². The molecule has 0 bridgehead atoms. The van der Waals surface area contributed by atoms with Gasteiger partial charge in [-0.2, -0.15) is 13.2 Å². The largest absolute Gasteiger partial charge is 0.416 e. The minimum Gasteiger partial charge on any atom is -0.370 e. The van der Waals surface area contributed by atoms with Gasteiger partial charge in [0.1, 0.15) is 0 Å². The Morgan fingerprint density at radius 2 is 1.82 bits per heavy atom. The first-order chi connectivity index (χ1) is 13.4. The molecule has 1 amide bonds. The second-order valence-electron chi connectivity index (χ2n) is 6.67. The number of carbonyl (C=O) groups is 1. The van der Waals surface area contributed by atoms with Crippen molar-refractivity contribution in [2.45, 2.75) is 31.2 Å². The van der Waals surface area contributed by atoms with Crippen LogP contribution in [0.2, 0.25) is 0 Å². The highest BCUT2D eigenvalue weighted by Crippen LogP contribution is 2.36. The number of hydrogen-bond acceptors (Lipinski definition) is 4. The third-order valence-electron chi connectivity index (χ3n) is 4.55. The molecule has 1 N–H and O–H groups in total. The number of piperidine rings is 1. The van der Waals surface area contributed by atoms with E-state index in [9.17, 15) is 18.0 Å². The van der Waals surface area contributed by atoms with E-state index in [1.807, 2.05) is 17.0 Å². The van der Waals surface area contributed by atoms with Crippen molar-refractivity contribution in [3.05, 3.63) is 53.9 Å². The molecule has 3 rings (SSSR count). The topological polar surface area (TPSA) is 45.2 Å². The maximum absolute atomic E-state index is 13.1. The molecule has 1 aromatic carbocycles. The van der Waals surface area contributed by atoms with Crippen molar-refractivity contribution in [3.8, 4) is 0 Å². The molecule has 8 heteroatoms. The highest BCUT2D eigenvalue weighted by molar-refractivity contribution is 7.99. The van der Waals surface area contributed by atoms with E-state index in [0.717, 1.165) is 50.0 Å². The van der Waals surface area contributed by atoms with Crippen LogP contribution < -0.4 is 10.2 Å². The second-order valence-corrected chi connectivity index (χ2v) is 7.66. The van der Waals surface area contributed by atoms with Crippen LogP contribution in [0.5, 0.6) is 0 Å². The number of anilines is 2. The van der Waals surface area contributed by atoms with Crippen molar-refractivity contribution in [1.82, 2.24) is 4.98 Å². The molecular formula is C20H22F3N3OS. The van der Waals surface area contributed by atoms with Crippen LogP contribution in [0.15, 0.2) is 42.7 Å². The summed E-state index contributed by atoms with van der Waals surface area (Å²) in [6, 6.07) is 7.32. The normalized spacial score (nSPS) is 14.8. The molecule has 1 saturated heterocycles. The fourth-order valence-electron chi connectivity index (χ4n) is 3.15.